The summed E-state index contributed by atoms with van der Waals surface area (Å²) in [5.41, 5.74) is 1.60. The molecule has 0 spiro atoms. The monoisotopic (exact) mass is 260 g/mol. The van der Waals surface area contributed by atoms with Gasteiger partial charge in [-0.1, -0.05) is 6.42 Å². The van der Waals surface area contributed by atoms with Crippen LogP contribution >= 0.6 is 0 Å². The van der Waals surface area contributed by atoms with Crippen LogP contribution in [0.3, 0.4) is 0 Å². The first-order valence-electron chi connectivity index (χ1n) is 7.03. The molecule has 1 aliphatic rings. The second kappa shape index (κ2) is 5.17. The van der Waals surface area contributed by atoms with Gasteiger partial charge in [0.2, 0.25) is 0 Å². The van der Waals surface area contributed by atoms with Crippen LogP contribution < -0.4 is 10.9 Å². The molecule has 1 aliphatic heterocycles. The zero-order valence-corrected chi connectivity index (χ0v) is 11.3. The highest BCUT2D eigenvalue weighted by Crippen LogP contribution is 2.10. The third-order valence-corrected chi connectivity index (χ3v) is 3.86. The maximum atomic E-state index is 12.3. The summed E-state index contributed by atoms with van der Waals surface area (Å²) in [6.45, 7) is 3.79. The molecular formula is C14H20N4O. The minimum atomic E-state index is 0.0545. The van der Waals surface area contributed by atoms with E-state index in [2.05, 4.69) is 10.4 Å². The molecule has 0 bridgehead atoms. The second-order valence-corrected chi connectivity index (χ2v) is 5.35. The lowest BCUT2D eigenvalue weighted by Gasteiger charge is -2.23. The summed E-state index contributed by atoms with van der Waals surface area (Å²) in [6, 6.07) is 2.40. The number of hydrogen-bond acceptors (Lipinski definition) is 3. The highest BCUT2D eigenvalue weighted by molar-refractivity contribution is 5.44. The first-order chi connectivity index (χ1) is 9.24. The largest absolute Gasteiger partial charge is 0.314 e. The van der Waals surface area contributed by atoms with Gasteiger partial charge in [-0.05, 0) is 38.8 Å². The molecule has 1 N–H and O–H groups in total. The fraction of sp³-hybridized carbons (Fsp3) is 0.571. The van der Waals surface area contributed by atoms with Crippen molar-refractivity contribution in [2.24, 2.45) is 0 Å². The summed E-state index contributed by atoms with van der Waals surface area (Å²) in [6.07, 6.45) is 8.51. The Balaban J connectivity index is 1.77. The van der Waals surface area contributed by atoms with Crippen LogP contribution in [0.2, 0.25) is 0 Å². The number of nitrogens with zero attached hydrogens (tertiary/aromatic N) is 3. The van der Waals surface area contributed by atoms with Gasteiger partial charge in [0.25, 0.3) is 5.56 Å². The number of nitrogens with one attached hydrogen (secondary N) is 1. The molecule has 0 aromatic carbocycles. The highest BCUT2D eigenvalue weighted by atomic mass is 16.1. The molecule has 2 aromatic heterocycles. The van der Waals surface area contributed by atoms with Crippen LogP contribution in [0.1, 0.15) is 31.4 Å². The molecule has 0 radical (unpaired) electrons. The molecule has 0 aliphatic carbocycles. The van der Waals surface area contributed by atoms with Crippen molar-refractivity contribution in [3.05, 3.63) is 34.5 Å². The maximum absolute atomic E-state index is 12.3. The first kappa shape index (κ1) is 12.4. The number of rotatable bonds is 3. The summed E-state index contributed by atoms with van der Waals surface area (Å²) >= 11 is 0. The van der Waals surface area contributed by atoms with Crippen LogP contribution in [-0.4, -0.2) is 26.8 Å². The molecule has 3 rings (SSSR count). The third kappa shape index (κ3) is 2.56. The third-order valence-electron chi connectivity index (χ3n) is 3.86. The quantitative estimate of drug-likeness (QED) is 0.906. The molecule has 2 aromatic rings. The lowest BCUT2D eigenvalue weighted by atomic mass is 10.0. The number of aromatic nitrogens is 3. The Morgan fingerprint density at radius 1 is 1.42 bits per heavy atom. The van der Waals surface area contributed by atoms with E-state index in [0.29, 0.717) is 11.6 Å². The zero-order chi connectivity index (χ0) is 13.2. The van der Waals surface area contributed by atoms with Gasteiger partial charge < -0.3 is 9.88 Å². The summed E-state index contributed by atoms with van der Waals surface area (Å²) < 4.78 is 3.46. The zero-order valence-electron chi connectivity index (χ0n) is 11.3. The Morgan fingerprint density at radius 2 is 2.32 bits per heavy atom. The number of piperidine rings is 1. The van der Waals surface area contributed by atoms with E-state index in [-0.39, 0.29) is 5.56 Å². The van der Waals surface area contributed by atoms with E-state index in [1.54, 1.807) is 9.08 Å². The van der Waals surface area contributed by atoms with Gasteiger partial charge in [0, 0.05) is 25.0 Å². The molecule has 0 amide bonds. The van der Waals surface area contributed by atoms with Crippen molar-refractivity contribution >= 4 is 5.52 Å². The lowest BCUT2D eigenvalue weighted by molar-refractivity contribution is 0.365. The van der Waals surface area contributed by atoms with E-state index in [0.717, 1.165) is 25.2 Å². The van der Waals surface area contributed by atoms with Crippen molar-refractivity contribution in [3.8, 4) is 0 Å². The number of hydrogen-bond donors (Lipinski definition) is 1. The van der Waals surface area contributed by atoms with Gasteiger partial charge in [-0.25, -0.2) is 4.52 Å². The smallest absolute Gasteiger partial charge is 0.276 e. The van der Waals surface area contributed by atoms with Gasteiger partial charge in [0.1, 0.15) is 5.52 Å². The van der Waals surface area contributed by atoms with Crippen LogP contribution in [0, 0.1) is 6.92 Å². The molecule has 1 saturated heterocycles. The van der Waals surface area contributed by atoms with Crippen molar-refractivity contribution in [3.63, 3.8) is 0 Å². The van der Waals surface area contributed by atoms with Crippen molar-refractivity contribution < 1.29 is 0 Å². The van der Waals surface area contributed by atoms with Crippen LogP contribution in [-0.2, 0) is 6.54 Å². The van der Waals surface area contributed by atoms with Gasteiger partial charge in [-0.3, -0.25) is 4.79 Å². The Labute approximate surface area is 112 Å². The number of aryl methyl sites for hydroxylation is 2. The Kier molecular flexibility index (Phi) is 3.38. The van der Waals surface area contributed by atoms with E-state index in [1.165, 1.54) is 19.3 Å². The first-order valence-corrected chi connectivity index (χ1v) is 7.03. The summed E-state index contributed by atoms with van der Waals surface area (Å²) in [5.74, 6) is 0. The van der Waals surface area contributed by atoms with Crippen LogP contribution in [0.25, 0.3) is 5.52 Å². The second-order valence-electron chi connectivity index (χ2n) is 5.35. The molecule has 102 valence electrons. The van der Waals surface area contributed by atoms with E-state index in [9.17, 15) is 4.79 Å². The molecule has 19 heavy (non-hydrogen) atoms. The molecule has 1 unspecified atom stereocenters. The Morgan fingerprint density at radius 3 is 3.11 bits per heavy atom. The van der Waals surface area contributed by atoms with Gasteiger partial charge >= 0.3 is 0 Å². The minimum absolute atomic E-state index is 0.0545. The molecule has 1 atom stereocenters. The van der Waals surface area contributed by atoms with Crippen LogP contribution in [0.5, 0.6) is 0 Å². The average molecular weight is 260 g/mol. The normalized spacial score (nSPS) is 19.9. The molecule has 5 nitrogen and oxygen atoms in total. The summed E-state index contributed by atoms with van der Waals surface area (Å²) in [4.78, 5) is 12.3. The summed E-state index contributed by atoms with van der Waals surface area (Å²) in [5, 5.41) is 7.77. The lowest BCUT2D eigenvalue weighted by Crippen LogP contribution is -2.35. The summed E-state index contributed by atoms with van der Waals surface area (Å²) in [7, 11) is 0. The van der Waals surface area contributed by atoms with E-state index >= 15 is 0 Å². The van der Waals surface area contributed by atoms with Gasteiger partial charge in [0.15, 0.2) is 0 Å². The molecule has 3 heterocycles. The van der Waals surface area contributed by atoms with Crippen LogP contribution in [0.4, 0.5) is 0 Å². The number of fused-ring (bicyclic) bond motifs is 1. The van der Waals surface area contributed by atoms with Crippen molar-refractivity contribution in [2.75, 3.05) is 6.54 Å². The SMILES string of the molecule is Cc1cc2c(=O)n(CCC3CCCCN3)ccn2n1. The topological polar surface area (TPSA) is 51.3 Å². The average Bonchev–Trinajstić information content (AvgIpc) is 2.81. The van der Waals surface area contributed by atoms with Crippen LogP contribution in [0.15, 0.2) is 23.3 Å². The predicted octanol–water partition coefficient (Wildman–Crippen LogP) is 1.34. The molecule has 1 fully saturated rings. The van der Waals surface area contributed by atoms with Crippen molar-refractivity contribution in [2.45, 2.75) is 45.2 Å². The minimum Gasteiger partial charge on any atom is -0.314 e. The standard InChI is InChI=1S/C14H20N4O/c1-11-10-13-14(19)17(8-9-18(13)16-11)7-5-12-4-2-3-6-15-12/h8-10,12,15H,2-7H2,1H3. The van der Waals surface area contributed by atoms with Crippen molar-refractivity contribution in [1.29, 1.82) is 0 Å². The van der Waals surface area contributed by atoms with Gasteiger partial charge in [0.05, 0.1) is 5.69 Å². The van der Waals surface area contributed by atoms with E-state index in [1.807, 2.05) is 25.4 Å². The van der Waals surface area contributed by atoms with E-state index < -0.39 is 0 Å². The van der Waals surface area contributed by atoms with Gasteiger partial charge in [-0.15, -0.1) is 0 Å². The maximum Gasteiger partial charge on any atom is 0.276 e. The highest BCUT2D eigenvalue weighted by Gasteiger charge is 2.13. The van der Waals surface area contributed by atoms with Crippen molar-refractivity contribution in [1.82, 2.24) is 19.5 Å². The fourth-order valence-electron chi connectivity index (χ4n) is 2.79. The van der Waals surface area contributed by atoms with E-state index in [4.69, 9.17) is 0 Å². The molecule has 0 saturated carbocycles. The fourth-order valence-corrected chi connectivity index (χ4v) is 2.79. The Hall–Kier alpha value is -1.62. The molecule has 5 heteroatoms. The predicted molar refractivity (Wildman–Crippen MR) is 74.4 cm³/mol. The Bertz CT molecular complexity index is 622. The molecular weight excluding hydrogens is 240 g/mol. The van der Waals surface area contributed by atoms with Gasteiger partial charge in [-0.2, -0.15) is 5.10 Å².